The Kier molecular flexibility index (Phi) is 5.23. The van der Waals surface area contributed by atoms with Crippen LogP contribution in [0.3, 0.4) is 0 Å². The summed E-state index contributed by atoms with van der Waals surface area (Å²) in [6.07, 6.45) is 4.52. The van der Waals surface area contributed by atoms with Crippen molar-refractivity contribution in [1.82, 2.24) is 19.7 Å². The molecule has 0 atom stereocenters. The zero-order valence-corrected chi connectivity index (χ0v) is 14.5. The second-order valence-corrected chi connectivity index (χ2v) is 7.29. The lowest BCUT2D eigenvalue weighted by molar-refractivity contribution is 0.784. The van der Waals surface area contributed by atoms with Gasteiger partial charge in [0.1, 0.15) is 11.4 Å². The number of nitrogens with zero attached hydrogens (tertiary/aromatic N) is 4. The normalized spacial score (nSPS) is 11.2. The second kappa shape index (κ2) is 7.35. The molecule has 7 heteroatoms. The Bertz CT molecular complexity index is 775. The minimum Gasteiger partial charge on any atom is -0.250 e. The van der Waals surface area contributed by atoms with Gasteiger partial charge in [-0.15, -0.1) is 23.5 Å². The Hall–Kier alpha value is -1.24. The fourth-order valence-electron chi connectivity index (χ4n) is 2.03. The zero-order chi connectivity index (χ0) is 15.4. The van der Waals surface area contributed by atoms with Crippen molar-refractivity contribution in [3.05, 3.63) is 41.8 Å². The first-order valence-corrected chi connectivity index (χ1v) is 9.23. The molecule has 0 aliphatic heterocycles. The van der Waals surface area contributed by atoms with Crippen LogP contribution in [0.1, 0.15) is 6.42 Å². The quantitative estimate of drug-likeness (QED) is 0.377. The van der Waals surface area contributed by atoms with Crippen LogP contribution in [-0.2, 0) is 7.05 Å². The highest BCUT2D eigenvalue weighted by molar-refractivity contribution is 8.00. The minimum absolute atomic E-state index is 0.827. The number of aryl methyl sites for hydroxylation is 1. The van der Waals surface area contributed by atoms with Crippen LogP contribution >= 0.6 is 35.1 Å². The van der Waals surface area contributed by atoms with Crippen LogP contribution < -0.4 is 0 Å². The first-order chi connectivity index (χ1) is 10.8. The SMILES string of the molecule is Cn1ncc2c(SCCCSc3ccccc3Cl)ncnc21. The highest BCUT2D eigenvalue weighted by Crippen LogP contribution is 2.29. The lowest BCUT2D eigenvalue weighted by Gasteiger charge is -2.04. The summed E-state index contributed by atoms with van der Waals surface area (Å²) in [6, 6.07) is 7.96. The molecule has 114 valence electrons. The number of hydrogen-bond donors (Lipinski definition) is 0. The third kappa shape index (κ3) is 3.56. The number of aromatic nitrogens is 4. The number of fused-ring (bicyclic) bond motifs is 1. The van der Waals surface area contributed by atoms with Gasteiger partial charge in [-0.25, -0.2) is 9.97 Å². The third-order valence-corrected chi connectivity index (χ3v) is 5.81. The van der Waals surface area contributed by atoms with Crippen LogP contribution in [0.5, 0.6) is 0 Å². The van der Waals surface area contributed by atoms with Gasteiger partial charge in [-0.2, -0.15) is 5.10 Å². The molecule has 0 radical (unpaired) electrons. The third-order valence-electron chi connectivity index (χ3n) is 3.11. The van der Waals surface area contributed by atoms with E-state index in [-0.39, 0.29) is 0 Å². The van der Waals surface area contributed by atoms with E-state index in [1.165, 1.54) is 0 Å². The predicted molar refractivity (Wildman–Crippen MR) is 93.8 cm³/mol. The molecule has 2 heterocycles. The molecule has 3 aromatic rings. The molecule has 1 aromatic carbocycles. The molecule has 2 aromatic heterocycles. The number of hydrogen-bond acceptors (Lipinski definition) is 5. The monoisotopic (exact) mass is 350 g/mol. The molecule has 0 saturated heterocycles. The molecule has 0 saturated carbocycles. The maximum Gasteiger partial charge on any atom is 0.162 e. The van der Waals surface area contributed by atoms with Crippen LogP contribution in [0.4, 0.5) is 0 Å². The average Bonchev–Trinajstić information content (AvgIpc) is 2.91. The Morgan fingerprint density at radius 3 is 2.82 bits per heavy atom. The van der Waals surface area contributed by atoms with Gasteiger partial charge in [0, 0.05) is 17.7 Å². The average molecular weight is 351 g/mol. The molecule has 0 bridgehead atoms. The molecule has 0 aliphatic carbocycles. The topological polar surface area (TPSA) is 43.6 Å². The largest absolute Gasteiger partial charge is 0.250 e. The summed E-state index contributed by atoms with van der Waals surface area (Å²) in [4.78, 5) is 9.76. The standard InChI is InChI=1S/C15H15ClN4S2/c1-20-14-11(9-19-20)15(18-10-17-14)22-8-4-7-21-13-6-3-2-5-12(13)16/h2-3,5-6,9-10H,4,7-8H2,1H3. The van der Waals surface area contributed by atoms with Gasteiger partial charge in [-0.05, 0) is 24.3 Å². The van der Waals surface area contributed by atoms with Gasteiger partial charge < -0.3 is 0 Å². The minimum atomic E-state index is 0.827. The molecule has 22 heavy (non-hydrogen) atoms. The van der Waals surface area contributed by atoms with Gasteiger partial charge >= 0.3 is 0 Å². The Morgan fingerprint density at radius 2 is 1.95 bits per heavy atom. The van der Waals surface area contributed by atoms with Crippen LogP contribution in [0.2, 0.25) is 5.02 Å². The van der Waals surface area contributed by atoms with Crippen molar-refractivity contribution in [3.8, 4) is 0 Å². The van der Waals surface area contributed by atoms with E-state index in [9.17, 15) is 0 Å². The number of thioether (sulfide) groups is 2. The van der Waals surface area contributed by atoms with Crippen molar-refractivity contribution >= 4 is 46.2 Å². The van der Waals surface area contributed by atoms with E-state index in [0.29, 0.717) is 0 Å². The lowest BCUT2D eigenvalue weighted by Crippen LogP contribution is -1.93. The molecule has 0 aliphatic rings. The number of halogens is 1. The Balaban J connectivity index is 1.52. The van der Waals surface area contributed by atoms with Crippen LogP contribution in [0.15, 0.2) is 46.7 Å². The predicted octanol–water partition coefficient (Wildman–Crippen LogP) is 4.29. The van der Waals surface area contributed by atoms with Gasteiger partial charge in [-0.1, -0.05) is 23.7 Å². The van der Waals surface area contributed by atoms with Crippen molar-refractivity contribution in [2.75, 3.05) is 11.5 Å². The highest BCUT2D eigenvalue weighted by atomic mass is 35.5. The highest BCUT2D eigenvalue weighted by Gasteiger charge is 2.08. The van der Waals surface area contributed by atoms with E-state index in [2.05, 4.69) is 21.1 Å². The summed E-state index contributed by atoms with van der Waals surface area (Å²) < 4.78 is 1.77. The molecule has 0 spiro atoms. The molecular weight excluding hydrogens is 336 g/mol. The Morgan fingerprint density at radius 1 is 1.14 bits per heavy atom. The molecule has 3 rings (SSSR count). The van der Waals surface area contributed by atoms with Gasteiger partial charge in [0.2, 0.25) is 0 Å². The van der Waals surface area contributed by atoms with E-state index >= 15 is 0 Å². The van der Waals surface area contributed by atoms with E-state index in [4.69, 9.17) is 11.6 Å². The van der Waals surface area contributed by atoms with Crippen molar-refractivity contribution < 1.29 is 0 Å². The first-order valence-electron chi connectivity index (χ1n) is 6.88. The van der Waals surface area contributed by atoms with E-state index in [0.717, 1.165) is 43.9 Å². The second-order valence-electron chi connectivity index (χ2n) is 4.67. The molecule has 0 unspecified atom stereocenters. The summed E-state index contributed by atoms with van der Waals surface area (Å²) in [6.45, 7) is 0. The van der Waals surface area contributed by atoms with Crippen molar-refractivity contribution in [1.29, 1.82) is 0 Å². The summed E-state index contributed by atoms with van der Waals surface area (Å²) in [5.74, 6) is 2.05. The summed E-state index contributed by atoms with van der Waals surface area (Å²) >= 11 is 9.70. The maximum atomic E-state index is 6.15. The van der Waals surface area contributed by atoms with Gasteiger partial charge in [-0.3, -0.25) is 4.68 Å². The van der Waals surface area contributed by atoms with Crippen LogP contribution in [0, 0.1) is 0 Å². The zero-order valence-electron chi connectivity index (χ0n) is 12.1. The molecular formula is C15H15ClN4S2. The van der Waals surface area contributed by atoms with Crippen molar-refractivity contribution in [2.45, 2.75) is 16.3 Å². The van der Waals surface area contributed by atoms with E-state index in [1.807, 2.05) is 31.4 Å². The van der Waals surface area contributed by atoms with Crippen LogP contribution in [0.25, 0.3) is 11.0 Å². The molecule has 0 amide bonds. The summed E-state index contributed by atoms with van der Waals surface area (Å²) in [5, 5.41) is 7.08. The number of rotatable bonds is 6. The molecule has 4 nitrogen and oxygen atoms in total. The smallest absolute Gasteiger partial charge is 0.162 e. The summed E-state index contributed by atoms with van der Waals surface area (Å²) in [5.41, 5.74) is 0.878. The van der Waals surface area contributed by atoms with E-state index in [1.54, 1.807) is 34.5 Å². The fraction of sp³-hybridized carbons (Fsp3) is 0.267. The Labute approximate surface area is 142 Å². The van der Waals surface area contributed by atoms with Gasteiger partial charge in [0.25, 0.3) is 0 Å². The van der Waals surface area contributed by atoms with Crippen molar-refractivity contribution in [3.63, 3.8) is 0 Å². The van der Waals surface area contributed by atoms with Gasteiger partial charge in [0.05, 0.1) is 16.6 Å². The first kappa shape index (κ1) is 15.6. The molecule has 0 fully saturated rings. The summed E-state index contributed by atoms with van der Waals surface area (Å²) in [7, 11) is 1.89. The van der Waals surface area contributed by atoms with Gasteiger partial charge in [0.15, 0.2) is 5.65 Å². The molecule has 0 N–H and O–H groups in total. The fourth-order valence-corrected chi connectivity index (χ4v) is 4.30. The van der Waals surface area contributed by atoms with Crippen molar-refractivity contribution in [2.24, 2.45) is 7.05 Å². The lowest BCUT2D eigenvalue weighted by atomic mass is 10.4. The maximum absolute atomic E-state index is 6.15. The van der Waals surface area contributed by atoms with E-state index < -0.39 is 0 Å². The van der Waals surface area contributed by atoms with Crippen LogP contribution in [-0.4, -0.2) is 31.3 Å². The number of benzene rings is 1.